The molecule has 2 aliphatic heterocycles. The van der Waals surface area contributed by atoms with Gasteiger partial charge in [-0.15, -0.1) is 24.8 Å². The molecule has 0 aliphatic carbocycles. The Kier molecular flexibility index (Phi) is 8.95. The number of nitrogens with zero attached hydrogens (tertiary/aromatic N) is 2. The first-order valence-electron chi connectivity index (χ1n) is 11.5. The van der Waals surface area contributed by atoms with Gasteiger partial charge in [-0.2, -0.15) is 0 Å². The molecule has 0 bridgehead atoms. The molecule has 5 rings (SSSR count). The van der Waals surface area contributed by atoms with Gasteiger partial charge in [0.2, 0.25) is 0 Å². The number of benzene rings is 3. The largest absolute Gasteiger partial charge is 0.495 e. The highest BCUT2D eigenvalue weighted by Crippen LogP contribution is 2.40. The molecular weight excluding hydrogens is 469 g/mol. The fraction of sp³-hybridized carbons (Fsp3) is 0.333. The lowest BCUT2D eigenvalue weighted by molar-refractivity contribution is 0.261. The highest BCUT2D eigenvalue weighted by molar-refractivity contribution is 5.85. The van der Waals surface area contributed by atoms with Gasteiger partial charge < -0.3 is 20.1 Å². The van der Waals surface area contributed by atoms with Crippen LogP contribution in [-0.4, -0.2) is 37.7 Å². The topological polar surface area (TPSA) is 51.0 Å². The summed E-state index contributed by atoms with van der Waals surface area (Å²) in [6, 6.07) is 23.7. The number of para-hydroxylation sites is 3. The van der Waals surface area contributed by atoms with E-state index in [1.165, 1.54) is 29.7 Å². The summed E-state index contributed by atoms with van der Waals surface area (Å²) in [5.74, 6) is 1.70. The maximum absolute atomic E-state index is 6.15. The zero-order valence-corrected chi connectivity index (χ0v) is 21.1. The smallest absolute Gasteiger partial charge is 0.143 e. The maximum Gasteiger partial charge on any atom is 0.143 e. The molecule has 182 valence electrons. The summed E-state index contributed by atoms with van der Waals surface area (Å²) < 4.78 is 11.5. The number of ether oxygens (including phenoxy) is 2. The normalized spacial score (nSPS) is 16.9. The molecule has 34 heavy (non-hydrogen) atoms. The van der Waals surface area contributed by atoms with E-state index in [2.05, 4.69) is 64.4 Å². The molecule has 2 aliphatic rings. The Morgan fingerprint density at radius 2 is 1.76 bits per heavy atom. The van der Waals surface area contributed by atoms with Crippen LogP contribution in [0.1, 0.15) is 24.0 Å². The molecule has 0 radical (unpaired) electrons. The molecule has 1 saturated heterocycles. The van der Waals surface area contributed by atoms with Crippen molar-refractivity contribution in [3.63, 3.8) is 0 Å². The van der Waals surface area contributed by atoms with Crippen molar-refractivity contribution in [2.75, 3.05) is 37.4 Å². The molecule has 0 amide bonds. The predicted molar refractivity (Wildman–Crippen MR) is 144 cm³/mol. The minimum atomic E-state index is 0. The monoisotopic (exact) mass is 501 g/mol. The minimum absolute atomic E-state index is 0. The second-order valence-corrected chi connectivity index (χ2v) is 8.65. The number of likely N-dealkylation sites (tertiary alicyclic amines) is 1. The standard InChI is InChI=1S/C27H31N3O2.2ClH/c1-31-26-13-12-20(17-23(26)28)14-16-29-15-6-8-22(29)18-30-24-9-3-2-7-21(24)19-32-27-11-5-4-10-25(27)30;;/h2-5,7,9-13,17,22H,6,8,14-16,18-19,28H2,1H3;2*1H. The second kappa shape index (κ2) is 11.7. The second-order valence-electron chi connectivity index (χ2n) is 8.65. The van der Waals surface area contributed by atoms with Crippen molar-refractivity contribution in [3.05, 3.63) is 77.9 Å². The molecule has 3 aromatic carbocycles. The zero-order valence-electron chi connectivity index (χ0n) is 19.5. The van der Waals surface area contributed by atoms with Crippen LogP contribution in [0.4, 0.5) is 17.1 Å². The molecule has 2 heterocycles. The Labute approximate surface area is 214 Å². The van der Waals surface area contributed by atoms with Crippen molar-refractivity contribution in [1.29, 1.82) is 0 Å². The molecule has 0 spiro atoms. The van der Waals surface area contributed by atoms with Gasteiger partial charge in [-0.1, -0.05) is 36.4 Å². The summed E-state index contributed by atoms with van der Waals surface area (Å²) in [4.78, 5) is 5.10. The van der Waals surface area contributed by atoms with Gasteiger partial charge in [0.05, 0.1) is 18.5 Å². The molecule has 1 fully saturated rings. The van der Waals surface area contributed by atoms with Gasteiger partial charge in [-0.05, 0) is 61.7 Å². The van der Waals surface area contributed by atoms with Crippen molar-refractivity contribution < 1.29 is 9.47 Å². The number of nitrogen functional groups attached to an aromatic ring is 1. The lowest BCUT2D eigenvalue weighted by Gasteiger charge is -2.32. The van der Waals surface area contributed by atoms with Crippen LogP contribution in [0.2, 0.25) is 0 Å². The van der Waals surface area contributed by atoms with Crippen molar-refractivity contribution >= 4 is 41.9 Å². The van der Waals surface area contributed by atoms with Crippen LogP contribution in [0, 0.1) is 0 Å². The number of halogens is 2. The average molecular weight is 502 g/mol. The molecule has 3 aromatic rings. The highest BCUT2D eigenvalue weighted by atomic mass is 35.5. The third-order valence-corrected chi connectivity index (χ3v) is 6.70. The van der Waals surface area contributed by atoms with Crippen LogP contribution < -0.4 is 20.1 Å². The predicted octanol–water partition coefficient (Wildman–Crippen LogP) is 5.86. The molecule has 1 atom stereocenters. The Morgan fingerprint density at radius 1 is 1.00 bits per heavy atom. The summed E-state index contributed by atoms with van der Waals surface area (Å²) in [6.07, 6.45) is 3.44. The van der Waals surface area contributed by atoms with Gasteiger partial charge in [0.15, 0.2) is 0 Å². The Hall–Kier alpha value is -2.60. The van der Waals surface area contributed by atoms with Gasteiger partial charge >= 0.3 is 0 Å². The van der Waals surface area contributed by atoms with Crippen LogP contribution in [0.3, 0.4) is 0 Å². The van der Waals surface area contributed by atoms with Crippen molar-refractivity contribution in [2.45, 2.75) is 31.9 Å². The van der Waals surface area contributed by atoms with Crippen LogP contribution in [0.25, 0.3) is 0 Å². The number of nitrogens with two attached hydrogens (primary N) is 1. The van der Waals surface area contributed by atoms with E-state index in [-0.39, 0.29) is 24.8 Å². The number of rotatable bonds is 6. The van der Waals surface area contributed by atoms with Crippen LogP contribution in [0.15, 0.2) is 66.7 Å². The summed E-state index contributed by atoms with van der Waals surface area (Å²) >= 11 is 0. The van der Waals surface area contributed by atoms with E-state index in [1.54, 1.807) is 7.11 Å². The fourth-order valence-corrected chi connectivity index (χ4v) is 5.00. The number of methoxy groups -OCH3 is 1. The maximum atomic E-state index is 6.15. The Balaban J connectivity index is 0.00000162. The van der Waals surface area contributed by atoms with Gasteiger partial charge in [0, 0.05) is 30.4 Å². The molecule has 5 nitrogen and oxygen atoms in total. The van der Waals surface area contributed by atoms with E-state index < -0.39 is 0 Å². The van der Waals surface area contributed by atoms with Gasteiger partial charge in [-0.3, -0.25) is 4.90 Å². The molecule has 1 unspecified atom stereocenters. The Bertz CT molecular complexity index is 1050. The number of hydrogen-bond acceptors (Lipinski definition) is 5. The first kappa shape index (κ1) is 26.0. The third-order valence-electron chi connectivity index (χ3n) is 6.70. The third kappa shape index (κ3) is 5.38. The van der Waals surface area contributed by atoms with E-state index in [1.807, 2.05) is 12.1 Å². The SMILES string of the molecule is COc1ccc(CCN2CCCC2CN2c3ccccc3COc3ccccc32)cc1N.Cl.Cl. The van der Waals surface area contributed by atoms with Gasteiger partial charge in [0.25, 0.3) is 0 Å². The van der Waals surface area contributed by atoms with Crippen molar-refractivity contribution in [1.82, 2.24) is 4.90 Å². The summed E-state index contributed by atoms with van der Waals surface area (Å²) in [7, 11) is 1.66. The number of hydrogen-bond donors (Lipinski definition) is 1. The lowest BCUT2D eigenvalue weighted by Crippen LogP contribution is -2.39. The van der Waals surface area contributed by atoms with Crippen LogP contribution >= 0.6 is 24.8 Å². The zero-order chi connectivity index (χ0) is 21.9. The Morgan fingerprint density at radius 3 is 2.56 bits per heavy atom. The molecule has 0 aromatic heterocycles. The van der Waals surface area contributed by atoms with Gasteiger partial charge in [0.1, 0.15) is 18.1 Å². The van der Waals surface area contributed by atoms with E-state index in [4.69, 9.17) is 15.2 Å². The molecular formula is C27H33Cl2N3O2. The van der Waals surface area contributed by atoms with E-state index in [9.17, 15) is 0 Å². The molecule has 7 heteroatoms. The molecule has 2 N–H and O–H groups in total. The van der Waals surface area contributed by atoms with Crippen LogP contribution in [0.5, 0.6) is 11.5 Å². The van der Waals surface area contributed by atoms with Crippen molar-refractivity contribution in [3.8, 4) is 11.5 Å². The highest BCUT2D eigenvalue weighted by Gasteiger charge is 2.29. The van der Waals surface area contributed by atoms with Crippen molar-refractivity contribution in [2.24, 2.45) is 0 Å². The quantitative estimate of drug-likeness (QED) is 0.428. The fourth-order valence-electron chi connectivity index (χ4n) is 5.00. The van der Waals surface area contributed by atoms with E-state index in [0.717, 1.165) is 43.2 Å². The summed E-state index contributed by atoms with van der Waals surface area (Å²) in [5, 5.41) is 0. The number of anilines is 3. The van der Waals surface area contributed by atoms with E-state index in [0.29, 0.717) is 18.3 Å². The molecule has 0 saturated carbocycles. The average Bonchev–Trinajstić information content (AvgIpc) is 3.21. The summed E-state index contributed by atoms with van der Waals surface area (Å²) in [5.41, 5.74) is 11.7. The first-order valence-corrected chi connectivity index (χ1v) is 11.5. The number of fused-ring (bicyclic) bond motifs is 2. The summed E-state index contributed by atoms with van der Waals surface area (Å²) in [6.45, 7) is 3.74. The minimum Gasteiger partial charge on any atom is -0.495 e. The lowest BCUT2D eigenvalue weighted by atomic mass is 10.1. The van der Waals surface area contributed by atoms with E-state index >= 15 is 0 Å². The van der Waals surface area contributed by atoms with Gasteiger partial charge in [-0.25, -0.2) is 0 Å². The van der Waals surface area contributed by atoms with Crippen LogP contribution in [-0.2, 0) is 13.0 Å². The first-order chi connectivity index (χ1) is 15.7.